The van der Waals surface area contributed by atoms with Gasteiger partial charge in [-0.1, -0.05) is 6.07 Å². The van der Waals surface area contributed by atoms with Crippen LogP contribution < -0.4 is 5.73 Å². The van der Waals surface area contributed by atoms with E-state index >= 15 is 0 Å². The summed E-state index contributed by atoms with van der Waals surface area (Å²) < 4.78 is 25.3. The van der Waals surface area contributed by atoms with Crippen molar-refractivity contribution in [2.75, 3.05) is 6.54 Å². The third-order valence-electron chi connectivity index (χ3n) is 4.10. The van der Waals surface area contributed by atoms with Crippen LogP contribution in [0, 0.1) is 5.92 Å². The molecule has 1 saturated carbocycles. The van der Waals surface area contributed by atoms with Gasteiger partial charge in [0, 0.05) is 11.6 Å². The fourth-order valence-corrected chi connectivity index (χ4v) is 2.97. The van der Waals surface area contributed by atoms with Gasteiger partial charge in [-0.05, 0) is 63.1 Å². The molecule has 0 aromatic carbocycles. The number of pyridine rings is 1. The summed E-state index contributed by atoms with van der Waals surface area (Å²) >= 11 is 0. The Labute approximate surface area is 113 Å². The van der Waals surface area contributed by atoms with Gasteiger partial charge >= 0.3 is 0 Å². The molecular weight excluding hydrogens is 246 g/mol. The molecule has 2 rings (SSSR count). The zero-order valence-electron chi connectivity index (χ0n) is 11.2. The molecule has 1 aromatic rings. The molecule has 4 heteroatoms. The first-order valence-electron chi connectivity index (χ1n) is 7.15. The smallest absolute Gasteiger partial charge is 0.280 e. The van der Waals surface area contributed by atoms with E-state index in [9.17, 15) is 8.78 Å². The van der Waals surface area contributed by atoms with Crippen molar-refractivity contribution < 1.29 is 8.78 Å². The van der Waals surface area contributed by atoms with Gasteiger partial charge < -0.3 is 5.73 Å². The van der Waals surface area contributed by atoms with Gasteiger partial charge in [0.1, 0.15) is 5.69 Å². The molecule has 0 bridgehead atoms. The third-order valence-corrected chi connectivity index (χ3v) is 4.10. The number of alkyl halides is 2. The quantitative estimate of drug-likeness (QED) is 0.875. The van der Waals surface area contributed by atoms with Crippen molar-refractivity contribution in [2.45, 2.75) is 50.9 Å². The summed E-state index contributed by atoms with van der Waals surface area (Å²) in [6.07, 6.45) is 4.29. The van der Waals surface area contributed by atoms with Crippen LogP contribution in [0.3, 0.4) is 0 Å². The van der Waals surface area contributed by atoms with Crippen LogP contribution in [-0.4, -0.2) is 11.5 Å². The molecule has 2 nitrogen and oxygen atoms in total. The minimum atomic E-state index is -2.47. The molecule has 2 N–H and O–H groups in total. The molecule has 1 heterocycles. The highest BCUT2D eigenvalue weighted by Gasteiger charge is 2.23. The molecule has 0 amide bonds. The topological polar surface area (TPSA) is 38.9 Å². The second kappa shape index (κ2) is 6.94. The maximum Gasteiger partial charge on any atom is 0.280 e. The number of hydrogen-bond acceptors (Lipinski definition) is 2. The first-order valence-corrected chi connectivity index (χ1v) is 7.15. The molecule has 1 fully saturated rings. The van der Waals surface area contributed by atoms with E-state index in [0.717, 1.165) is 37.4 Å². The molecule has 19 heavy (non-hydrogen) atoms. The Morgan fingerprint density at radius 2 is 1.95 bits per heavy atom. The Morgan fingerprint density at radius 3 is 2.58 bits per heavy atom. The van der Waals surface area contributed by atoms with E-state index in [1.807, 2.05) is 6.07 Å². The lowest BCUT2D eigenvalue weighted by Crippen LogP contribution is -2.15. The molecule has 0 radical (unpaired) electrons. The number of hydrogen-bond donors (Lipinski definition) is 1. The maximum absolute atomic E-state index is 12.6. The second-order valence-electron chi connectivity index (χ2n) is 5.44. The van der Waals surface area contributed by atoms with Crippen LogP contribution in [0.4, 0.5) is 8.78 Å². The Bertz CT molecular complexity index is 387. The lowest BCUT2D eigenvalue weighted by molar-refractivity contribution is 0.145. The SMILES string of the molecule is NCCCC1CCC(c2cccc(C(F)F)n2)CC1. The lowest BCUT2D eigenvalue weighted by Gasteiger charge is -2.28. The largest absolute Gasteiger partial charge is 0.330 e. The first-order chi connectivity index (χ1) is 9.20. The van der Waals surface area contributed by atoms with Gasteiger partial charge in [0.15, 0.2) is 0 Å². The Kier molecular flexibility index (Phi) is 5.25. The van der Waals surface area contributed by atoms with Gasteiger partial charge in [0.05, 0.1) is 0 Å². The minimum Gasteiger partial charge on any atom is -0.330 e. The number of aromatic nitrogens is 1. The van der Waals surface area contributed by atoms with Crippen LogP contribution >= 0.6 is 0 Å². The Hall–Kier alpha value is -1.03. The van der Waals surface area contributed by atoms with Crippen molar-refractivity contribution in [3.05, 3.63) is 29.6 Å². The summed E-state index contributed by atoms with van der Waals surface area (Å²) in [6, 6.07) is 4.99. The zero-order chi connectivity index (χ0) is 13.7. The molecule has 106 valence electrons. The number of nitrogens with two attached hydrogens (primary N) is 1. The normalized spacial score (nSPS) is 23.8. The third kappa shape index (κ3) is 3.96. The van der Waals surface area contributed by atoms with Crippen molar-refractivity contribution in [3.63, 3.8) is 0 Å². The fourth-order valence-electron chi connectivity index (χ4n) is 2.97. The summed E-state index contributed by atoms with van der Waals surface area (Å²) in [4.78, 5) is 4.11. The second-order valence-corrected chi connectivity index (χ2v) is 5.44. The van der Waals surface area contributed by atoms with Gasteiger partial charge in [-0.25, -0.2) is 8.78 Å². The molecule has 1 aliphatic rings. The van der Waals surface area contributed by atoms with Crippen molar-refractivity contribution in [3.8, 4) is 0 Å². The van der Waals surface area contributed by atoms with E-state index < -0.39 is 6.43 Å². The number of halogens is 2. The van der Waals surface area contributed by atoms with Crippen molar-refractivity contribution in [1.82, 2.24) is 4.98 Å². The highest BCUT2D eigenvalue weighted by atomic mass is 19.3. The summed E-state index contributed by atoms with van der Waals surface area (Å²) in [6.45, 7) is 0.762. The van der Waals surface area contributed by atoms with Crippen molar-refractivity contribution in [1.29, 1.82) is 0 Å². The van der Waals surface area contributed by atoms with E-state index in [4.69, 9.17) is 5.73 Å². The van der Waals surface area contributed by atoms with Crippen molar-refractivity contribution in [2.24, 2.45) is 11.7 Å². The van der Waals surface area contributed by atoms with Crippen LogP contribution in [0.5, 0.6) is 0 Å². The maximum atomic E-state index is 12.6. The van der Waals surface area contributed by atoms with Crippen LogP contribution in [0.2, 0.25) is 0 Å². The fraction of sp³-hybridized carbons (Fsp3) is 0.667. The molecular formula is C15H22F2N2. The molecule has 0 unspecified atom stereocenters. The lowest BCUT2D eigenvalue weighted by atomic mass is 9.78. The highest BCUT2D eigenvalue weighted by molar-refractivity contribution is 5.16. The van der Waals surface area contributed by atoms with Crippen LogP contribution in [-0.2, 0) is 0 Å². The minimum absolute atomic E-state index is 0.0947. The van der Waals surface area contributed by atoms with Crippen LogP contribution in [0.15, 0.2) is 18.2 Å². The highest BCUT2D eigenvalue weighted by Crippen LogP contribution is 2.37. The number of nitrogens with zero attached hydrogens (tertiary/aromatic N) is 1. The van der Waals surface area contributed by atoms with E-state index in [1.165, 1.54) is 25.3 Å². The molecule has 0 aliphatic heterocycles. The number of rotatable bonds is 5. The molecule has 1 aromatic heterocycles. The van der Waals surface area contributed by atoms with Gasteiger partial charge in [0.2, 0.25) is 0 Å². The average Bonchev–Trinajstić information content (AvgIpc) is 2.46. The van der Waals surface area contributed by atoms with Crippen molar-refractivity contribution >= 4 is 0 Å². The molecule has 0 atom stereocenters. The van der Waals surface area contributed by atoms with Crippen LogP contribution in [0.1, 0.15) is 62.3 Å². The van der Waals surface area contributed by atoms with Gasteiger partial charge in [-0.15, -0.1) is 0 Å². The average molecular weight is 268 g/mol. The van der Waals surface area contributed by atoms with E-state index in [1.54, 1.807) is 6.07 Å². The zero-order valence-corrected chi connectivity index (χ0v) is 11.2. The summed E-state index contributed by atoms with van der Waals surface area (Å²) in [5.41, 5.74) is 6.28. The predicted octanol–water partition coefficient (Wildman–Crippen LogP) is 4.03. The van der Waals surface area contributed by atoms with E-state index in [-0.39, 0.29) is 5.69 Å². The molecule has 1 aliphatic carbocycles. The van der Waals surface area contributed by atoms with E-state index in [0.29, 0.717) is 5.92 Å². The standard InChI is InChI=1S/C15H22F2N2/c16-15(17)14-5-1-4-13(19-14)12-8-6-11(7-9-12)3-2-10-18/h1,4-5,11-12,15H,2-3,6-10,18H2. The summed E-state index contributed by atoms with van der Waals surface area (Å²) in [5.74, 6) is 1.12. The molecule has 0 saturated heterocycles. The monoisotopic (exact) mass is 268 g/mol. The van der Waals surface area contributed by atoms with Gasteiger partial charge in [-0.2, -0.15) is 0 Å². The summed E-state index contributed by atoms with van der Waals surface area (Å²) in [5, 5.41) is 0. The summed E-state index contributed by atoms with van der Waals surface area (Å²) in [7, 11) is 0. The van der Waals surface area contributed by atoms with Gasteiger partial charge in [-0.3, -0.25) is 4.98 Å². The van der Waals surface area contributed by atoms with E-state index in [2.05, 4.69) is 4.98 Å². The predicted molar refractivity (Wildman–Crippen MR) is 72.2 cm³/mol. The van der Waals surface area contributed by atoms with Gasteiger partial charge in [0.25, 0.3) is 6.43 Å². The Morgan fingerprint density at radius 1 is 1.21 bits per heavy atom. The molecule has 0 spiro atoms. The Balaban J connectivity index is 1.92. The first kappa shape index (κ1) is 14.4. The van der Waals surface area contributed by atoms with Crippen LogP contribution in [0.25, 0.3) is 0 Å².